The second-order valence-electron chi connectivity index (χ2n) is 9.09. The first-order valence-corrected chi connectivity index (χ1v) is 12.0. The number of rotatable bonds is 5. The molecule has 2 heterocycles. The number of hydrogen-bond donors (Lipinski definition) is 0. The Hall–Kier alpha value is -2.99. The number of carbonyl (C=O) groups excluding carboxylic acids is 2. The smallest absolute Gasteiger partial charge is 0.293 e. The first-order chi connectivity index (χ1) is 15.6. The molecule has 0 aliphatic carbocycles. The number of ether oxygens (including phenoxy) is 1. The third-order valence-corrected chi connectivity index (χ3v) is 7.17. The molecule has 0 atom stereocenters. The van der Waals surface area contributed by atoms with Crippen LogP contribution in [0, 0.1) is 6.92 Å². The molecule has 5 nitrogen and oxygen atoms in total. The van der Waals surface area contributed by atoms with Crippen LogP contribution in [0.5, 0.6) is 5.75 Å². The van der Waals surface area contributed by atoms with E-state index in [-0.39, 0.29) is 23.2 Å². The predicted molar refractivity (Wildman–Crippen MR) is 136 cm³/mol. The molecule has 2 amide bonds. The number of imide groups is 1. The molecular weight excluding hydrogens is 432 g/mol. The van der Waals surface area contributed by atoms with Crippen molar-refractivity contribution in [3.63, 3.8) is 0 Å². The Morgan fingerprint density at radius 3 is 2.42 bits per heavy atom. The normalized spacial score (nSPS) is 18.6. The second kappa shape index (κ2) is 8.75. The van der Waals surface area contributed by atoms with Gasteiger partial charge < -0.3 is 9.64 Å². The van der Waals surface area contributed by atoms with Crippen molar-refractivity contribution in [3.8, 4) is 5.75 Å². The molecule has 33 heavy (non-hydrogen) atoms. The van der Waals surface area contributed by atoms with Crippen LogP contribution < -0.4 is 9.64 Å². The Morgan fingerprint density at radius 1 is 1.09 bits per heavy atom. The van der Waals surface area contributed by atoms with Crippen LogP contribution in [0.25, 0.3) is 11.6 Å². The maximum atomic E-state index is 13.1. The number of anilines is 1. The van der Waals surface area contributed by atoms with Crippen molar-refractivity contribution in [2.24, 2.45) is 0 Å². The largest absolute Gasteiger partial charge is 0.496 e. The molecule has 2 aliphatic rings. The van der Waals surface area contributed by atoms with Crippen LogP contribution in [0.15, 0.2) is 47.4 Å². The van der Waals surface area contributed by atoms with Crippen molar-refractivity contribution < 1.29 is 14.3 Å². The number of allylic oxidation sites excluding steroid dienone is 1. The lowest BCUT2D eigenvalue weighted by atomic mass is 9.87. The summed E-state index contributed by atoms with van der Waals surface area (Å²) in [6.07, 6.45) is 4.05. The van der Waals surface area contributed by atoms with E-state index in [0.29, 0.717) is 10.7 Å². The summed E-state index contributed by atoms with van der Waals surface area (Å²) in [6, 6.07) is 12.0. The van der Waals surface area contributed by atoms with E-state index in [1.807, 2.05) is 37.3 Å². The first-order valence-electron chi connectivity index (χ1n) is 11.1. The molecule has 2 aromatic rings. The molecule has 0 radical (unpaired) electrons. The molecule has 0 unspecified atom stereocenters. The maximum Gasteiger partial charge on any atom is 0.293 e. The lowest BCUT2D eigenvalue weighted by Gasteiger charge is -2.43. The molecule has 172 valence electrons. The van der Waals surface area contributed by atoms with Crippen LogP contribution in [0.2, 0.25) is 0 Å². The topological polar surface area (TPSA) is 49.9 Å². The third kappa shape index (κ3) is 4.32. The highest BCUT2D eigenvalue weighted by molar-refractivity contribution is 8.18. The molecule has 0 spiro atoms. The molecule has 0 N–H and O–H groups in total. The van der Waals surface area contributed by atoms with Crippen LogP contribution in [0.3, 0.4) is 0 Å². The number of nitrogens with zero attached hydrogens (tertiary/aromatic N) is 2. The van der Waals surface area contributed by atoms with Gasteiger partial charge in [0, 0.05) is 29.4 Å². The Morgan fingerprint density at radius 2 is 1.79 bits per heavy atom. The summed E-state index contributed by atoms with van der Waals surface area (Å²) in [6.45, 7) is 11.8. The standard InChI is InChI=1S/C27H30N2O3S/c1-7-29-22-14-23(32-6)20(12-21(22)18(3)15-27(29,4)5)13-24-25(30)28(26(31)33-24)16-19-10-8-17(2)9-11-19/h8-15H,7,16H2,1-6H3/b24-13+. The molecular formula is C27H30N2O3S. The molecule has 6 heteroatoms. The van der Waals surface area contributed by atoms with Gasteiger partial charge in [-0.05, 0) is 69.7 Å². The van der Waals surface area contributed by atoms with E-state index in [0.717, 1.165) is 46.2 Å². The third-order valence-electron chi connectivity index (χ3n) is 6.27. The lowest BCUT2D eigenvalue weighted by molar-refractivity contribution is -0.123. The Balaban J connectivity index is 1.69. The summed E-state index contributed by atoms with van der Waals surface area (Å²) in [7, 11) is 1.63. The van der Waals surface area contributed by atoms with Crippen LogP contribution in [0.1, 0.15) is 49.9 Å². The van der Waals surface area contributed by atoms with Crippen molar-refractivity contribution in [3.05, 3.63) is 69.6 Å². The Labute approximate surface area is 200 Å². The monoisotopic (exact) mass is 462 g/mol. The quantitative estimate of drug-likeness (QED) is 0.491. The van der Waals surface area contributed by atoms with Gasteiger partial charge in [-0.3, -0.25) is 14.5 Å². The van der Waals surface area contributed by atoms with Crippen LogP contribution in [-0.2, 0) is 11.3 Å². The number of carbonyl (C=O) groups is 2. The van der Waals surface area contributed by atoms with Crippen LogP contribution in [0.4, 0.5) is 10.5 Å². The lowest BCUT2D eigenvalue weighted by Crippen LogP contribution is -2.44. The minimum absolute atomic E-state index is 0.100. The number of benzene rings is 2. The number of aryl methyl sites for hydroxylation is 1. The molecule has 4 rings (SSSR count). The number of fused-ring (bicyclic) bond motifs is 1. The van der Waals surface area contributed by atoms with Gasteiger partial charge >= 0.3 is 0 Å². The average molecular weight is 463 g/mol. The first kappa shape index (κ1) is 23.2. The summed E-state index contributed by atoms with van der Waals surface area (Å²) in [5.41, 5.74) is 6.17. The van der Waals surface area contributed by atoms with Gasteiger partial charge in [-0.25, -0.2) is 0 Å². The van der Waals surface area contributed by atoms with Crippen LogP contribution in [-0.4, -0.2) is 35.2 Å². The highest BCUT2D eigenvalue weighted by atomic mass is 32.2. The average Bonchev–Trinajstić information content (AvgIpc) is 3.02. The van der Waals surface area contributed by atoms with Crippen molar-refractivity contribution in [1.82, 2.24) is 4.90 Å². The molecule has 0 bridgehead atoms. The Kier molecular flexibility index (Phi) is 6.14. The summed E-state index contributed by atoms with van der Waals surface area (Å²) in [5, 5.41) is -0.251. The summed E-state index contributed by atoms with van der Waals surface area (Å²) in [4.78, 5) is 29.8. The van der Waals surface area contributed by atoms with Gasteiger partial charge in [0.1, 0.15) is 5.75 Å². The fraction of sp³-hybridized carbons (Fsp3) is 0.333. The van der Waals surface area contributed by atoms with E-state index in [1.165, 1.54) is 10.5 Å². The SMILES string of the molecule is CCN1c2cc(OC)c(/C=C3/SC(=O)N(Cc4ccc(C)cc4)C3=O)cc2C(C)=CC1(C)C. The zero-order chi connectivity index (χ0) is 23.9. The van der Waals surface area contributed by atoms with E-state index in [2.05, 4.69) is 44.7 Å². The number of methoxy groups -OCH3 is 1. The fourth-order valence-electron chi connectivity index (χ4n) is 4.64. The summed E-state index contributed by atoms with van der Waals surface area (Å²) >= 11 is 0.979. The maximum absolute atomic E-state index is 13.1. The molecule has 1 fully saturated rings. The van der Waals surface area contributed by atoms with E-state index in [9.17, 15) is 9.59 Å². The van der Waals surface area contributed by atoms with Gasteiger partial charge in [0.25, 0.3) is 11.1 Å². The number of amides is 2. The van der Waals surface area contributed by atoms with Gasteiger partial charge in [-0.1, -0.05) is 35.9 Å². The highest BCUT2D eigenvalue weighted by Crippen LogP contribution is 2.43. The molecule has 2 aromatic carbocycles. The highest BCUT2D eigenvalue weighted by Gasteiger charge is 2.36. The fourth-order valence-corrected chi connectivity index (χ4v) is 5.47. The minimum atomic E-state index is -0.270. The van der Waals surface area contributed by atoms with Gasteiger partial charge in [-0.2, -0.15) is 0 Å². The van der Waals surface area contributed by atoms with Crippen LogP contribution >= 0.6 is 11.8 Å². The summed E-state index contributed by atoms with van der Waals surface area (Å²) in [5.74, 6) is 0.414. The predicted octanol–water partition coefficient (Wildman–Crippen LogP) is 6.26. The molecule has 0 saturated carbocycles. The van der Waals surface area contributed by atoms with Crippen molar-refractivity contribution in [2.45, 2.75) is 46.7 Å². The van der Waals surface area contributed by atoms with Gasteiger partial charge in [-0.15, -0.1) is 0 Å². The number of thioether (sulfide) groups is 1. The second-order valence-corrected chi connectivity index (χ2v) is 10.1. The zero-order valence-corrected chi connectivity index (χ0v) is 20.9. The molecule has 2 aliphatic heterocycles. The zero-order valence-electron chi connectivity index (χ0n) is 20.1. The van der Waals surface area contributed by atoms with E-state index in [4.69, 9.17) is 4.74 Å². The van der Waals surface area contributed by atoms with E-state index >= 15 is 0 Å². The van der Waals surface area contributed by atoms with Gasteiger partial charge in [0.05, 0.1) is 24.1 Å². The number of hydrogen-bond acceptors (Lipinski definition) is 5. The van der Waals surface area contributed by atoms with Crippen molar-refractivity contribution >= 4 is 40.2 Å². The van der Waals surface area contributed by atoms with Crippen molar-refractivity contribution in [1.29, 1.82) is 0 Å². The minimum Gasteiger partial charge on any atom is -0.496 e. The van der Waals surface area contributed by atoms with Gasteiger partial charge in [0.15, 0.2) is 0 Å². The van der Waals surface area contributed by atoms with Crippen molar-refractivity contribution in [2.75, 3.05) is 18.6 Å². The molecule has 1 saturated heterocycles. The number of likely N-dealkylation sites (N-methyl/N-ethyl adjacent to an activating group) is 1. The molecule has 0 aromatic heterocycles. The van der Waals surface area contributed by atoms with E-state index in [1.54, 1.807) is 13.2 Å². The summed E-state index contributed by atoms with van der Waals surface area (Å²) < 4.78 is 5.70. The van der Waals surface area contributed by atoms with E-state index < -0.39 is 0 Å². The Bertz CT molecular complexity index is 1180. The van der Waals surface area contributed by atoms with Gasteiger partial charge in [0.2, 0.25) is 0 Å².